The van der Waals surface area contributed by atoms with E-state index in [0.717, 1.165) is 45.1 Å². The fourth-order valence-electron chi connectivity index (χ4n) is 2.64. The van der Waals surface area contributed by atoms with E-state index in [2.05, 4.69) is 12.2 Å². The van der Waals surface area contributed by atoms with Crippen LogP contribution in [0.5, 0.6) is 0 Å². The Balaban J connectivity index is 2.71. The molecule has 1 heterocycles. The first kappa shape index (κ1) is 16.9. The van der Waals surface area contributed by atoms with Crippen molar-refractivity contribution in [1.82, 2.24) is 13.9 Å². The molecule has 0 aliphatic carbocycles. The van der Waals surface area contributed by atoms with E-state index in [0.29, 0.717) is 13.1 Å². The van der Waals surface area contributed by atoms with Gasteiger partial charge in [0.25, 0.3) is 10.2 Å². The van der Waals surface area contributed by atoms with Crippen molar-refractivity contribution in [1.29, 1.82) is 0 Å². The van der Waals surface area contributed by atoms with Gasteiger partial charge in [-0.15, -0.1) is 0 Å². The molecular formula is C13H29N3O2S. The highest BCUT2D eigenvalue weighted by molar-refractivity contribution is 7.86. The average molecular weight is 291 g/mol. The molecule has 19 heavy (non-hydrogen) atoms. The number of hydrogen-bond donors (Lipinski definition) is 1. The molecule has 0 amide bonds. The second-order valence-corrected chi connectivity index (χ2v) is 7.30. The summed E-state index contributed by atoms with van der Waals surface area (Å²) < 4.78 is 28.5. The predicted molar refractivity (Wildman–Crippen MR) is 79.3 cm³/mol. The van der Waals surface area contributed by atoms with Crippen molar-refractivity contribution in [3.63, 3.8) is 0 Å². The van der Waals surface area contributed by atoms with E-state index in [1.54, 1.807) is 11.4 Å². The fraction of sp³-hybridized carbons (Fsp3) is 1.00. The van der Waals surface area contributed by atoms with Crippen LogP contribution in [0.25, 0.3) is 0 Å². The minimum atomic E-state index is -3.29. The zero-order chi connectivity index (χ0) is 14.3. The third-order valence-corrected chi connectivity index (χ3v) is 5.93. The molecule has 1 unspecified atom stereocenters. The molecule has 1 N–H and O–H groups in total. The molecular weight excluding hydrogens is 262 g/mol. The van der Waals surface area contributed by atoms with Crippen LogP contribution in [-0.4, -0.2) is 56.8 Å². The molecule has 0 aromatic heterocycles. The van der Waals surface area contributed by atoms with Gasteiger partial charge in [0.1, 0.15) is 0 Å². The predicted octanol–water partition coefficient (Wildman–Crippen LogP) is 1.43. The normalized spacial score (nSPS) is 22.6. The third kappa shape index (κ3) is 4.70. The Labute approximate surface area is 118 Å². The van der Waals surface area contributed by atoms with E-state index in [9.17, 15) is 8.42 Å². The Bertz CT molecular complexity index is 346. The van der Waals surface area contributed by atoms with Crippen molar-refractivity contribution >= 4 is 10.2 Å². The van der Waals surface area contributed by atoms with Gasteiger partial charge in [0, 0.05) is 26.2 Å². The molecule has 0 saturated carbocycles. The highest BCUT2D eigenvalue weighted by Crippen LogP contribution is 2.23. The standard InChI is InChI=1S/C13H29N3O2S/c1-4-13-9-6-5-7-12-16(13)19(17,18)15(3)11-8-10-14-2/h13-14H,4-12H2,1-3H3. The van der Waals surface area contributed by atoms with Gasteiger partial charge in [-0.1, -0.05) is 19.8 Å². The zero-order valence-corrected chi connectivity index (χ0v) is 13.4. The number of nitrogens with zero attached hydrogens (tertiary/aromatic N) is 2. The lowest BCUT2D eigenvalue weighted by molar-refractivity contribution is 0.288. The van der Waals surface area contributed by atoms with Crippen LogP contribution in [0.4, 0.5) is 0 Å². The molecule has 0 bridgehead atoms. The smallest absolute Gasteiger partial charge is 0.281 e. The molecule has 1 fully saturated rings. The van der Waals surface area contributed by atoms with Gasteiger partial charge in [0.15, 0.2) is 0 Å². The Morgan fingerprint density at radius 1 is 1.32 bits per heavy atom. The summed E-state index contributed by atoms with van der Waals surface area (Å²) in [6.07, 6.45) is 6.03. The molecule has 1 aliphatic rings. The first-order valence-corrected chi connectivity index (χ1v) is 8.81. The quantitative estimate of drug-likeness (QED) is 0.722. The van der Waals surface area contributed by atoms with Gasteiger partial charge in [0.2, 0.25) is 0 Å². The van der Waals surface area contributed by atoms with E-state index < -0.39 is 10.2 Å². The van der Waals surface area contributed by atoms with Crippen molar-refractivity contribution in [3.05, 3.63) is 0 Å². The Hall–Kier alpha value is -0.170. The monoisotopic (exact) mass is 291 g/mol. The van der Waals surface area contributed by atoms with Gasteiger partial charge < -0.3 is 5.32 Å². The average Bonchev–Trinajstić information content (AvgIpc) is 2.64. The van der Waals surface area contributed by atoms with E-state index in [4.69, 9.17) is 0 Å². The second kappa shape index (κ2) is 8.19. The molecule has 0 spiro atoms. The maximum atomic E-state index is 12.6. The van der Waals surface area contributed by atoms with Crippen molar-refractivity contribution in [2.24, 2.45) is 0 Å². The van der Waals surface area contributed by atoms with E-state index in [-0.39, 0.29) is 6.04 Å². The number of nitrogens with one attached hydrogen (secondary N) is 1. The summed E-state index contributed by atoms with van der Waals surface area (Å²) in [7, 11) is 0.294. The van der Waals surface area contributed by atoms with Gasteiger partial charge in [-0.3, -0.25) is 0 Å². The summed E-state index contributed by atoms with van der Waals surface area (Å²) in [5.74, 6) is 0. The molecule has 1 saturated heterocycles. The summed E-state index contributed by atoms with van der Waals surface area (Å²) in [6, 6.07) is 0.180. The van der Waals surface area contributed by atoms with Crippen LogP contribution in [0.3, 0.4) is 0 Å². The molecule has 6 heteroatoms. The Kier molecular flexibility index (Phi) is 7.28. The minimum Gasteiger partial charge on any atom is -0.320 e. The summed E-state index contributed by atoms with van der Waals surface area (Å²) in [5.41, 5.74) is 0. The molecule has 0 radical (unpaired) electrons. The van der Waals surface area contributed by atoms with Gasteiger partial charge in [0.05, 0.1) is 0 Å². The van der Waals surface area contributed by atoms with Crippen LogP contribution in [0.1, 0.15) is 45.4 Å². The maximum absolute atomic E-state index is 12.6. The first-order valence-electron chi connectivity index (χ1n) is 7.41. The summed E-state index contributed by atoms with van der Waals surface area (Å²) in [4.78, 5) is 0. The third-order valence-electron chi connectivity index (χ3n) is 3.88. The zero-order valence-electron chi connectivity index (χ0n) is 12.6. The van der Waals surface area contributed by atoms with Gasteiger partial charge in [-0.2, -0.15) is 17.0 Å². The lowest BCUT2D eigenvalue weighted by atomic mass is 10.1. The summed E-state index contributed by atoms with van der Waals surface area (Å²) in [5, 5.41) is 3.05. The van der Waals surface area contributed by atoms with E-state index in [1.807, 2.05) is 7.05 Å². The lowest BCUT2D eigenvalue weighted by Gasteiger charge is -2.32. The van der Waals surface area contributed by atoms with Gasteiger partial charge >= 0.3 is 0 Å². The lowest BCUT2D eigenvalue weighted by Crippen LogP contribution is -2.47. The highest BCUT2D eigenvalue weighted by Gasteiger charge is 2.32. The van der Waals surface area contributed by atoms with Crippen molar-refractivity contribution in [2.75, 3.05) is 33.7 Å². The van der Waals surface area contributed by atoms with Crippen LogP contribution in [0, 0.1) is 0 Å². The number of rotatable bonds is 7. The Morgan fingerprint density at radius 3 is 2.68 bits per heavy atom. The molecule has 1 aliphatic heterocycles. The van der Waals surface area contributed by atoms with Crippen LogP contribution in [0.15, 0.2) is 0 Å². The Morgan fingerprint density at radius 2 is 2.05 bits per heavy atom. The second-order valence-electron chi connectivity index (χ2n) is 5.31. The summed E-state index contributed by atoms with van der Waals surface area (Å²) in [6.45, 7) is 4.18. The SMILES string of the molecule is CCC1CCCCCN1S(=O)(=O)N(C)CCCNC. The molecule has 1 rings (SSSR count). The molecule has 5 nitrogen and oxygen atoms in total. The van der Waals surface area contributed by atoms with Crippen LogP contribution in [-0.2, 0) is 10.2 Å². The highest BCUT2D eigenvalue weighted by atomic mass is 32.2. The van der Waals surface area contributed by atoms with Gasteiger partial charge in [-0.05, 0) is 39.3 Å². The fourth-order valence-corrected chi connectivity index (χ4v) is 4.34. The minimum absolute atomic E-state index is 0.180. The van der Waals surface area contributed by atoms with Crippen molar-refractivity contribution in [3.8, 4) is 0 Å². The van der Waals surface area contributed by atoms with Crippen molar-refractivity contribution in [2.45, 2.75) is 51.5 Å². The maximum Gasteiger partial charge on any atom is 0.281 e. The van der Waals surface area contributed by atoms with E-state index in [1.165, 1.54) is 4.31 Å². The van der Waals surface area contributed by atoms with Crippen molar-refractivity contribution < 1.29 is 8.42 Å². The molecule has 114 valence electrons. The number of hydrogen-bond acceptors (Lipinski definition) is 3. The largest absolute Gasteiger partial charge is 0.320 e. The molecule has 1 atom stereocenters. The van der Waals surface area contributed by atoms with Crippen LogP contribution < -0.4 is 5.32 Å². The first-order chi connectivity index (χ1) is 9.04. The topological polar surface area (TPSA) is 52.7 Å². The van der Waals surface area contributed by atoms with Crippen LogP contribution in [0.2, 0.25) is 0 Å². The van der Waals surface area contributed by atoms with E-state index >= 15 is 0 Å². The molecule has 0 aromatic rings. The van der Waals surface area contributed by atoms with Crippen LogP contribution >= 0.6 is 0 Å². The van der Waals surface area contributed by atoms with Gasteiger partial charge in [-0.25, -0.2) is 0 Å². The molecule has 0 aromatic carbocycles. The summed E-state index contributed by atoms with van der Waals surface area (Å²) >= 11 is 0.